The van der Waals surface area contributed by atoms with Crippen molar-refractivity contribution in [3.05, 3.63) is 42.5 Å². The van der Waals surface area contributed by atoms with Crippen LogP contribution in [0.25, 0.3) is 0 Å². The van der Waals surface area contributed by atoms with E-state index in [9.17, 15) is 9.59 Å². The van der Waals surface area contributed by atoms with Crippen LogP contribution in [0.15, 0.2) is 42.5 Å². The molecule has 0 saturated carbocycles. The summed E-state index contributed by atoms with van der Waals surface area (Å²) in [5, 5.41) is 2.79. The lowest BCUT2D eigenvalue weighted by atomic mass is 10.2. The van der Waals surface area contributed by atoms with Crippen LogP contribution in [-0.4, -0.2) is 57.3 Å². The molecular weight excluding hydrogens is 374 g/mol. The highest BCUT2D eigenvalue weighted by atomic mass is 16.5. The first-order chi connectivity index (χ1) is 14.0. The lowest BCUT2D eigenvalue weighted by molar-refractivity contribution is -0.116. The molecule has 3 rings (SSSR count). The van der Waals surface area contributed by atoms with Crippen LogP contribution in [0.2, 0.25) is 0 Å². The fourth-order valence-electron chi connectivity index (χ4n) is 3.12. The van der Waals surface area contributed by atoms with Crippen molar-refractivity contribution in [2.75, 3.05) is 50.7 Å². The Morgan fingerprint density at radius 2 is 1.76 bits per heavy atom. The number of hydrogen-bond acceptors (Lipinski definition) is 5. The first kappa shape index (κ1) is 20.3. The van der Waals surface area contributed by atoms with Gasteiger partial charge in [-0.25, -0.2) is 4.79 Å². The molecule has 1 saturated heterocycles. The maximum Gasteiger partial charge on any atom is 0.325 e. The smallest absolute Gasteiger partial charge is 0.325 e. The fraction of sp³-hybridized carbons (Fsp3) is 0.333. The Morgan fingerprint density at radius 1 is 1.03 bits per heavy atom. The van der Waals surface area contributed by atoms with Crippen molar-refractivity contribution >= 4 is 23.3 Å². The molecule has 1 aliphatic rings. The molecule has 0 radical (unpaired) electrons. The molecule has 0 atom stereocenters. The summed E-state index contributed by atoms with van der Waals surface area (Å²) in [6, 6.07) is 12.3. The van der Waals surface area contributed by atoms with Gasteiger partial charge >= 0.3 is 6.03 Å². The lowest BCUT2D eigenvalue weighted by Gasteiger charge is -2.19. The highest BCUT2D eigenvalue weighted by molar-refractivity contribution is 6.00. The first-order valence-electron chi connectivity index (χ1n) is 9.37. The minimum Gasteiger partial charge on any atom is -0.497 e. The van der Waals surface area contributed by atoms with E-state index in [4.69, 9.17) is 14.2 Å². The van der Waals surface area contributed by atoms with Crippen molar-refractivity contribution in [1.82, 2.24) is 4.90 Å². The maximum atomic E-state index is 12.7. The molecule has 0 spiro atoms. The van der Waals surface area contributed by atoms with Gasteiger partial charge in [-0.3, -0.25) is 9.69 Å². The van der Waals surface area contributed by atoms with Crippen molar-refractivity contribution in [3.8, 4) is 17.2 Å². The highest BCUT2D eigenvalue weighted by Crippen LogP contribution is 2.29. The normalized spacial score (nSPS) is 13.4. The molecule has 0 aliphatic carbocycles. The second-order valence-corrected chi connectivity index (χ2v) is 6.40. The van der Waals surface area contributed by atoms with Crippen LogP contribution in [-0.2, 0) is 4.79 Å². The number of nitrogens with one attached hydrogen (secondary N) is 1. The highest BCUT2D eigenvalue weighted by Gasteiger charge is 2.31. The Bertz CT molecular complexity index is 869. The number of urea groups is 1. The van der Waals surface area contributed by atoms with Gasteiger partial charge in [0.05, 0.1) is 26.5 Å². The number of benzene rings is 2. The SMILES string of the molecule is CCOc1ccc(N2CCN(CC(=O)Nc3ccc(OC)cc3OC)C2=O)cc1. The van der Waals surface area contributed by atoms with Crippen LogP contribution < -0.4 is 24.4 Å². The summed E-state index contributed by atoms with van der Waals surface area (Å²) in [5.41, 5.74) is 1.30. The van der Waals surface area contributed by atoms with Gasteiger partial charge in [0.15, 0.2) is 0 Å². The van der Waals surface area contributed by atoms with Gasteiger partial charge in [-0.05, 0) is 43.3 Å². The van der Waals surface area contributed by atoms with Crippen LogP contribution >= 0.6 is 0 Å². The molecule has 2 aromatic rings. The number of carbonyl (C=O) groups excluding carboxylic acids is 2. The van der Waals surface area contributed by atoms with Crippen molar-refractivity contribution in [3.63, 3.8) is 0 Å². The summed E-state index contributed by atoms with van der Waals surface area (Å²) in [5.74, 6) is 1.57. The first-order valence-corrected chi connectivity index (χ1v) is 9.37. The van der Waals surface area contributed by atoms with Crippen LogP contribution in [0.4, 0.5) is 16.2 Å². The second kappa shape index (κ2) is 9.18. The van der Waals surface area contributed by atoms with Gasteiger partial charge < -0.3 is 24.4 Å². The molecule has 8 heteroatoms. The van der Waals surface area contributed by atoms with Gasteiger partial charge in [0.2, 0.25) is 5.91 Å². The van der Waals surface area contributed by atoms with Crippen LogP contribution in [0.1, 0.15) is 6.92 Å². The van der Waals surface area contributed by atoms with Crippen molar-refractivity contribution < 1.29 is 23.8 Å². The van der Waals surface area contributed by atoms with E-state index in [2.05, 4.69) is 5.32 Å². The zero-order valence-corrected chi connectivity index (χ0v) is 16.8. The summed E-state index contributed by atoms with van der Waals surface area (Å²) in [7, 11) is 3.07. The summed E-state index contributed by atoms with van der Waals surface area (Å²) in [4.78, 5) is 28.3. The van der Waals surface area contributed by atoms with E-state index in [1.165, 1.54) is 12.0 Å². The molecule has 1 aliphatic heterocycles. The molecule has 3 amide bonds. The van der Waals surface area contributed by atoms with E-state index in [0.717, 1.165) is 11.4 Å². The van der Waals surface area contributed by atoms with Gasteiger partial charge in [-0.2, -0.15) is 0 Å². The van der Waals surface area contributed by atoms with Crippen LogP contribution in [0.5, 0.6) is 17.2 Å². The number of hydrogen-bond donors (Lipinski definition) is 1. The summed E-state index contributed by atoms with van der Waals surface area (Å²) < 4.78 is 15.9. The number of methoxy groups -OCH3 is 2. The molecule has 154 valence electrons. The topological polar surface area (TPSA) is 80.3 Å². The van der Waals surface area contributed by atoms with E-state index in [1.54, 1.807) is 30.2 Å². The molecule has 0 unspecified atom stereocenters. The average molecular weight is 399 g/mol. The van der Waals surface area contributed by atoms with E-state index in [1.807, 2.05) is 31.2 Å². The van der Waals surface area contributed by atoms with Gasteiger partial charge in [0.1, 0.15) is 23.8 Å². The predicted octanol–water partition coefficient (Wildman–Crippen LogP) is 2.98. The minimum absolute atomic E-state index is 0.0401. The monoisotopic (exact) mass is 399 g/mol. The van der Waals surface area contributed by atoms with E-state index >= 15 is 0 Å². The zero-order chi connectivity index (χ0) is 20.8. The number of nitrogens with zero attached hydrogens (tertiary/aromatic N) is 2. The third kappa shape index (κ3) is 4.71. The standard InChI is InChI=1S/C21H25N3O5/c1-4-29-16-7-5-15(6-8-16)24-12-11-23(21(24)26)14-20(25)22-18-10-9-17(27-2)13-19(18)28-3/h5-10,13H,4,11-12,14H2,1-3H3,(H,22,25). The molecule has 0 aromatic heterocycles. The Labute approximate surface area is 170 Å². The van der Waals surface area contributed by atoms with Gasteiger partial charge in [0.25, 0.3) is 0 Å². The molecule has 2 aromatic carbocycles. The van der Waals surface area contributed by atoms with E-state index < -0.39 is 0 Å². The summed E-state index contributed by atoms with van der Waals surface area (Å²) in [6.45, 7) is 3.46. The summed E-state index contributed by atoms with van der Waals surface area (Å²) in [6.07, 6.45) is 0. The van der Waals surface area contributed by atoms with Crippen molar-refractivity contribution in [1.29, 1.82) is 0 Å². The third-order valence-corrected chi connectivity index (χ3v) is 4.57. The number of carbonyl (C=O) groups is 2. The Morgan fingerprint density at radius 3 is 2.41 bits per heavy atom. The van der Waals surface area contributed by atoms with Gasteiger partial charge in [-0.15, -0.1) is 0 Å². The lowest BCUT2D eigenvalue weighted by Crippen LogP contribution is -2.37. The molecule has 0 bridgehead atoms. The van der Waals surface area contributed by atoms with Gasteiger partial charge in [-0.1, -0.05) is 0 Å². The van der Waals surface area contributed by atoms with Crippen LogP contribution in [0, 0.1) is 0 Å². The predicted molar refractivity (Wildman–Crippen MR) is 110 cm³/mol. The van der Waals surface area contributed by atoms with Gasteiger partial charge in [0, 0.05) is 24.8 Å². The van der Waals surface area contributed by atoms with E-state index in [0.29, 0.717) is 36.9 Å². The molecule has 1 fully saturated rings. The number of amides is 3. The van der Waals surface area contributed by atoms with Crippen LogP contribution in [0.3, 0.4) is 0 Å². The Kier molecular flexibility index (Phi) is 6.43. The minimum atomic E-state index is -0.296. The zero-order valence-electron chi connectivity index (χ0n) is 16.8. The number of ether oxygens (including phenoxy) is 3. The largest absolute Gasteiger partial charge is 0.497 e. The number of rotatable bonds is 8. The maximum absolute atomic E-state index is 12.7. The molecule has 1 N–H and O–H groups in total. The van der Waals surface area contributed by atoms with E-state index in [-0.39, 0.29) is 18.5 Å². The average Bonchev–Trinajstić information content (AvgIpc) is 3.09. The fourth-order valence-corrected chi connectivity index (χ4v) is 3.12. The summed E-state index contributed by atoms with van der Waals surface area (Å²) >= 11 is 0. The van der Waals surface area contributed by atoms with Crippen molar-refractivity contribution in [2.45, 2.75) is 6.92 Å². The number of anilines is 2. The molecular formula is C21H25N3O5. The third-order valence-electron chi connectivity index (χ3n) is 4.57. The molecule has 1 heterocycles. The Balaban J connectivity index is 1.61. The molecule has 29 heavy (non-hydrogen) atoms. The van der Waals surface area contributed by atoms with Crippen molar-refractivity contribution in [2.24, 2.45) is 0 Å². The second-order valence-electron chi connectivity index (χ2n) is 6.40. The Hall–Kier alpha value is -3.42. The quantitative estimate of drug-likeness (QED) is 0.738. The molecule has 8 nitrogen and oxygen atoms in total.